The molecule has 3 rings (SSSR count). The van der Waals surface area contributed by atoms with Crippen molar-refractivity contribution in [3.05, 3.63) is 70.0 Å². The Morgan fingerprint density at radius 1 is 1.29 bits per heavy atom. The van der Waals surface area contributed by atoms with Crippen LogP contribution in [0.15, 0.2) is 42.5 Å². The Kier molecular flexibility index (Phi) is 4.53. The number of halogens is 2. The molecule has 1 aliphatic rings. The van der Waals surface area contributed by atoms with E-state index in [9.17, 15) is 14.0 Å². The highest BCUT2D eigenvalue weighted by Gasteiger charge is 2.29. The number of benzene rings is 2. The summed E-state index contributed by atoms with van der Waals surface area (Å²) in [5.74, 6) is -0.900. The van der Waals surface area contributed by atoms with Crippen molar-refractivity contribution in [2.75, 3.05) is 6.54 Å². The van der Waals surface area contributed by atoms with Crippen LogP contribution in [0.1, 0.15) is 34.5 Å². The van der Waals surface area contributed by atoms with Gasteiger partial charge in [-0.3, -0.25) is 9.59 Å². The standard InChI is InChI=1S/C18H16ClFN2O2/c1-11(12-2-4-14(19)5-3-12)21-17(23)10-22-9-13-8-15(20)6-7-16(13)18(22)24/h2-8,11H,9-10H2,1H3,(H,21,23)/t11-/m0/s1. The SMILES string of the molecule is C[C@H](NC(=O)CN1Cc2cc(F)ccc2C1=O)c1ccc(Cl)cc1. The van der Waals surface area contributed by atoms with Gasteiger partial charge < -0.3 is 10.2 Å². The van der Waals surface area contributed by atoms with Crippen LogP contribution in [0.2, 0.25) is 5.02 Å². The molecule has 0 aliphatic carbocycles. The molecule has 6 heteroatoms. The van der Waals surface area contributed by atoms with Crippen LogP contribution in [0.5, 0.6) is 0 Å². The topological polar surface area (TPSA) is 49.4 Å². The predicted molar refractivity (Wildman–Crippen MR) is 89.2 cm³/mol. The van der Waals surface area contributed by atoms with E-state index in [1.165, 1.54) is 23.1 Å². The Morgan fingerprint density at radius 2 is 2.00 bits per heavy atom. The zero-order chi connectivity index (χ0) is 17.3. The molecule has 4 nitrogen and oxygen atoms in total. The number of fused-ring (bicyclic) bond motifs is 1. The summed E-state index contributed by atoms with van der Waals surface area (Å²) in [5.41, 5.74) is 1.99. The second kappa shape index (κ2) is 6.61. The summed E-state index contributed by atoms with van der Waals surface area (Å²) in [6.07, 6.45) is 0. The first kappa shape index (κ1) is 16.5. The second-order valence-electron chi connectivity index (χ2n) is 5.80. The third-order valence-corrected chi connectivity index (χ3v) is 4.28. The van der Waals surface area contributed by atoms with E-state index in [4.69, 9.17) is 11.6 Å². The van der Waals surface area contributed by atoms with Crippen LogP contribution in [0.4, 0.5) is 4.39 Å². The maximum Gasteiger partial charge on any atom is 0.254 e. The van der Waals surface area contributed by atoms with Gasteiger partial charge in [0.25, 0.3) is 5.91 Å². The van der Waals surface area contributed by atoms with E-state index in [1.54, 1.807) is 12.1 Å². The Labute approximate surface area is 144 Å². The zero-order valence-corrected chi connectivity index (χ0v) is 13.8. The molecule has 24 heavy (non-hydrogen) atoms. The van der Waals surface area contributed by atoms with Gasteiger partial charge in [-0.1, -0.05) is 23.7 Å². The first-order valence-electron chi connectivity index (χ1n) is 7.56. The summed E-state index contributed by atoms with van der Waals surface area (Å²) in [5, 5.41) is 3.48. The van der Waals surface area contributed by atoms with Crippen molar-refractivity contribution < 1.29 is 14.0 Å². The van der Waals surface area contributed by atoms with Crippen molar-refractivity contribution in [2.45, 2.75) is 19.5 Å². The summed E-state index contributed by atoms with van der Waals surface area (Å²) in [6.45, 7) is 2.04. The molecule has 1 atom stereocenters. The summed E-state index contributed by atoms with van der Waals surface area (Å²) in [4.78, 5) is 25.9. The molecule has 0 saturated carbocycles. The molecule has 0 radical (unpaired) electrons. The molecule has 124 valence electrons. The fourth-order valence-corrected chi connectivity index (χ4v) is 2.90. The van der Waals surface area contributed by atoms with Crippen molar-refractivity contribution in [3.63, 3.8) is 0 Å². The Balaban J connectivity index is 1.62. The Bertz CT molecular complexity index is 792. The van der Waals surface area contributed by atoms with Crippen molar-refractivity contribution in [2.24, 2.45) is 0 Å². The fourth-order valence-electron chi connectivity index (χ4n) is 2.77. The van der Waals surface area contributed by atoms with Crippen LogP contribution >= 0.6 is 11.6 Å². The van der Waals surface area contributed by atoms with Gasteiger partial charge in [0.05, 0.1) is 6.04 Å². The minimum Gasteiger partial charge on any atom is -0.348 e. The van der Waals surface area contributed by atoms with Gasteiger partial charge in [0.15, 0.2) is 0 Å². The van der Waals surface area contributed by atoms with Crippen molar-refractivity contribution >= 4 is 23.4 Å². The number of nitrogens with zero attached hydrogens (tertiary/aromatic N) is 1. The van der Waals surface area contributed by atoms with E-state index in [-0.39, 0.29) is 36.8 Å². The third kappa shape index (κ3) is 3.41. The highest BCUT2D eigenvalue weighted by molar-refractivity contribution is 6.30. The number of rotatable bonds is 4. The maximum atomic E-state index is 13.2. The number of carbonyl (C=O) groups is 2. The van der Waals surface area contributed by atoms with Crippen LogP contribution in [0.25, 0.3) is 0 Å². The molecule has 1 aliphatic heterocycles. The van der Waals surface area contributed by atoms with E-state index in [0.29, 0.717) is 16.1 Å². The lowest BCUT2D eigenvalue weighted by Gasteiger charge is -2.18. The van der Waals surface area contributed by atoms with Crippen LogP contribution in [-0.4, -0.2) is 23.3 Å². The number of hydrogen-bond donors (Lipinski definition) is 1. The van der Waals surface area contributed by atoms with Gasteiger partial charge in [-0.25, -0.2) is 4.39 Å². The van der Waals surface area contributed by atoms with E-state index >= 15 is 0 Å². The summed E-state index contributed by atoms with van der Waals surface area (Å²) in [7, 11) is 0. The van der Waals surface area contributed by atoms with Crippen LogP contribution in [0.3, 0.4) is 0 Å². The van der Waals surface area contributed by atoms with Crippen molar-refractivity contribution in [3.8, 4) is 0 Å². The molecule has 0 spiro atoms. The number of nitrogens with one attached hydrogen (secondary N) is 1. The molecule has 1 N–H and O–H groups in total. The van der Waals surface area contributed by atoms with Crippen LogP contribution in [-0.2, 0) is 11.3 Å². The van der Waals surface area contributed by atoms with E-state index in [0.717, 1.165) is 5.56 Å². The summed E-state index contributed by atoms with van der Waals surface area (Å²) >= 11 is 5.85. The lowest BCUT2D eigenvalue weighted by Crippen LogP contribution is -2.38. The smallest absolute Gasteiger partial charge is 0.254 e. The molecule has 2 amide bonds. The largest absolute Gasteiger partial charge is 0.348 e. The molecule has 0 aromatic heterocycles. The van der Waals surface area contributed by atoms with Gasteiger partial charge in [-0.2, -0.15) is 0 Å². The fraction of sp³-hybridized carbons (Fsp3) is 0.222. The van der Waals surface area contributed by atoms with Crippen molar-refractivity contribution in [1.29, 1.82) is 0 Å². The average Bonchev–Trinajstić information content (AvgIpc) is 2.83. The van der Waals surface area contributed by atoms with E-state index < -0.39 is 0 Å². The number of amides is 2. The maximum absolute atomic E-state index is 13.2. The molecule has 0 unspecified atom stereocenters. The molecule has 2 aromatic rings. The Hall–Kier alpha value is -2.40. The van der Waals surface area contributed by atoms with Gasteiger partial charge in [-0.15, -0.1) is 0 Å². The van der Waals surface area contributed by atoms with Gasteiger partial charge in [0, 0.05) is 17.1 Å². The first-order valence-corrected chi connectivity index (χ1v) is 7.94. The summed E-state index contributed by atoms with van der Waals surface area (Å²) < 4.78 is 13.2. The Morgan fingerprint density at radius 3 is 2.71 bits per heavy atom. The first-order chi connectivity index (χ1) is 11.4. The molecule has 0 saturated heterocycles. The highest BCUT2D eigenvalue weighted by Crippen LogP contribution is 2.23. The van der Waals surface area contributed by atoms with Gasteiger partial charge in [0.1, 0.15) is 12.4 Å². The van der Waals surface area contributed by atoms with E-state index in [1.807, 2.05) is 19.1 Å². The third-order valence-electron chi connectivity index (χ3n) is 4.03. The minimum absolute atomic E-state index is 0.0624. The van der Waals surface area contributed by atoms with Gasteiger partial charge in [0.2, 0.25) is 5.91 Å². The minimum atomic E-state index is -0.385. The normalized spacial score (nSPS) is 14.5. The van der Waals surface area contributed by atoms with Crippen LogP contribution in [0, 0.1) is 5.82 Å². The number of carbonyl (C=O) groups excluding carboxylic acids is 2. The lowest BCUT2D eigenvalue weighted by atomic mass is 10.1. The van der Waals surface area contributed by atoms with Gasteiger partial charge in [-0.05, 0) is 48.4 Å². The monoisotopic (exact) mass is 346 g/mol. The molecule has 0 bridgehead atoms. The highest BCUT2D eigenvalue weighted by atomic mass is 35.5. The molecular formula is C18H16ClFN2O2. The molecule has 1 heterocycles. The molecule has 2 aromatic carbocycles. The quantitative estimate of drug-likeness (QED) is 0.923. The van der Waals surface area contributed by atoms with Gasteiger partial charge >= 0.3 is 0 Å². The lowest BCUT2D eigenvalue weighted by molar-refractivity contribution is -0.122. The molecular weight excluding hydrogens is 331 g/mol. The molecule has 0 fully saturated rings. The second-order valence-corrected chi connectivity index (χ2v) is 6.24. The van der Waals surface area contributed by atoms with Crippen LogP contribution < -0.4 is 5.32 Å². The predicted octanol–water partition coefficient (Wildman–Crippen LogP) is 3.31. The number of hydrogen-bond acceptors (Lipinski definition) is 2. The summed E-state index contributed by atoms with van der Waals surface area (Å²) in [6, 6.07) is 11.0. The van der Waals surface area contributed by atoms with Crippen molar-refractivity contribution in [1.82, 2.24) is 10.2 Å². The average molecular weight is 347 g/mol. The van der Waals surface area contributed by atoms with E-state index in [2.05, 4.69) is 5.32 Å². The zero-order valence-electron chi connectivity index (χ0n) is 13.1.